The zero-order chi connectivity index (χ0) is 21.1. The molecular weight excluding hydrogens is 378 g/mol. The maximum absolute atomic E-state index is 12.6. The van der Waals surface area contributed by atoms with E-state index in [2.05, 4.69) is 30.3 Å². The lowest BCUT2D eigenvalue weighted by Crippen LogP contribution is -2.48. The highest BCUT2D eigenvalue weighted by atomic mass is 16.6. The maximum atomic E-state index is 12.6. The molecule has 0 spiro atoms. The number of hydrogen-bond donors (Lipinski definition) is 0. The van der Waals surface area contributed by atoms with Crippen molar-refractivity contribution in [1.82, 2.24) is 4.90 Å². The number of amides is 1. The minimum Gasteiger partial charge on any atom is -0.472 e. The number of furan rings is 1. The van der Waals surface area contributed by atoms with E-state index in [-0.39, 0.29) is 18.1 Å². The lowest BCUT2D eigenvalue weighted by atomic mass is 9.88. The predicted molar refractivity (Wildman–Crippen MR) is 116 cm³/mol. The van der Waals surface area contributed by atoms with Crippen LogP contribution >= 0.6 is 0 Å². The molecule has 2 aromatic carbocycles. The summed E-state index contributed by atoms with van der Waals surface area (Å²) in [5, 5.41) is 2.39. The molecule has 1 aromatic heterocycles. The summed E-state index contributed by atoms with van der Waals surface area (Å²) in [6.07, 6.45) is 3.85. The number of piperidine rings is 1. The lowest BCUT2D eigenvalue weighted by molar-refractivity contribution is -0.0357. The molecule has 1 amide bonds. The minimum absolute atomic E-state index is 0.136. The fourth-order valence-electron chi connectivity index (χ4n) is 4.06. The van der Waals surface area contributed by atoms with Gasteiger partial charge in [-0.05, 0) is 55.2 Å². The molecule has 2 unspecified atom stereocenters. The SMILES string of the molecule is CC(C)(C)OC(=O)N1CCC(c2ccoc2)C(OCc2cccc3ccccc23)C1. The van der Waals surface area contributed by atoms with Crippen LogP contribution in [-0.2, 0) is 16.1 Å². The summed E-state index contributed by atoms with van der Waals surface area (Å²) in [7, 11) is 0. The predicted octanol–water partition coefficient (Wildman–Crippen LogP) is 5.74. The van der Waals surface area contributed by atoms with Crippen LogP contribution in [0.3, 0.4) is 0 Å². The Bertz CT molecular complexity index is 985. The molecular formula is C25H29NO4. The number of carbonyl (C=O) groups excluding carboxylic acids is 1. The molecule has 0 radical (unpaired) electrons. The smallest absolute Gasteiger partial charge is 0.410 e. The number of fused-ring (bicyclic) bond motifs is 1. The summed E-state index contributed by atoms with van der Waals surface area (Å²) in [5.74, 6) is 0.178. The molecule has 30 heavy (non-hydrogen) atoms. The van der Waals surface area contributed by atoms with E-state index in [0.29, 0.717) is 19.7 Å². The van der Waals surface area contributed by atoms with Crippen LogP contribution in [0.5, 0.6) is 0 Å². The summed E-state index contributed by atoms with van der Waals surface area (Å²) in [4.78, 5) is 14.4. The molecule has 1 aliphatic heterocycles. The first-order valence-corrected chi connectivity index (χ1v) is 10.5. The Morgan fingerprint density at radius 2 is 1.93 bits per heavy atom. The van der Waals surface area contributed by atoms with Gasteiger partial charge in [-0.3, -0.25) is 0 Å². The van der Waals surface area contributed by atoms with Crippen LogP contribution in [0.25, 0.3) is 10.8 Å². The average Bonchev–Trinajstić information content (AvgIpc) is 3.25. The Labute approximate surface area is 177 Å². The van der Waals surface area contributed by atoms with Gasteiger partial charge in [0.15, 0.2) is 0 Å². The molecule has 2 atom stereocenters. The number of nitrogens with zero attached hydrogens (tertiary/aromatic N) is 1. The van der Waals surface area contributed by atoms with Crippen molar-refractivity contribution in [3.8, 4) is 0 Å². The van der Waals surface area contributed by atoms with Crippen LogP contribution in [-0.4, -0.2) is 35.8 Å². The van der Waals surface area contributed by atoms with Crippen molar-refractivity contribution in [3.63, 3.8) is 0 Å². The van der Waals surface area contributed by atoms with E-state index in [1.165, 1.54) is 10.8 Å². The van der Waals surface area contributed by atoms with Gasteiger partial charge in [0.25, 0.3) is 0 Å². The van der Waals surface area contributed by atoms with E-state index in [1.807, 2.05) is 39.0 Å². The van der Waals surface area contributed by atoms with Crippen molar-refractivity contribution < 1.29 is 18.7 Å². The molecule has 5 nitrogen and oxygen atoms in total. The fraction of sp³-hybridized carbons (Fsp3) is 0.400. The first-order valence-electron chi connectivity index (χ1n) is 10.5. The van der Waals surface area contributed by atoms with E-state index in [9.17, 15) is 4.79 Å². The third-order valence-electron chi connectivity index (χ3n) is 5.52. The molecule has 3 aromatic rings. The van der Waals surface area contributed by atoms with Crippen LogP contribution < -0.4 is 0 Å². The van der Waals surface area contributed by atoms with E-state index in [4.69, 9.17) is 13.9 Å². The standard InChI is InChI=1S/C25H29NO4/c1-25(2,3)30-24(27)26-13-11-22(20-12-14-28-16-20)23(15-26)29-17-19-9-6-8-18-7-4-5-10-21(18)19/h4-10,12,14,16,22-23H,11,13,15,17H2,1-3H3. The van der Waals surface area contributed by atoms with Gasteiger partial charge in [0, 0.05) is 12.5 Å². The van der Waals surface area contributed by atoms with Gasteiger partial charge in [-0.25, -0.2) is 4.79 Å². The highest BCUT2D eigenvalue weighted by molar-refractivity contribution is 5.85. The van der Waals surface area contributed by atoms with E-state index < -0.39 is 5.60 Å². The van der Waals surface area contributed by atoms with Gasteiger partial charge in [-0.15, -0.1) is 0 Å². The van der Waals surface area contributed by atoms with E-state index >= 15 is 0 Å². The van der Waals surface area contributed by atoms with Crippen LogP contribution in [0.15, 0.2) is 65.5 Å². The van der Waals surface area contributed by atoms with Gasteiger partial charge < -0.3 is 18.8 Å². The zero-order valence-electron chi connectivity index (χ0n) is 17.8. The maximum Gasteiger partial charge on any atom is 0.410 e. The highest BCUT2D eigenvalue weighted by Gasteiger charge is 2.35. The number of likely N-dealkylation sites (tertiary alicyclic amines) is 1. The molecule has 158 valence electrons. The molecule has 4 rings (SSSR count). The Balaban J connectivity index is 1.52. The monoisotopic (exact) mass is 407 g/mol. The lowest BCUT2D eigenvalue weighted by Gasteiger charge is -2.38. The van der Waals surface area contributed by atoms with Crippen molar-refractivity contribution in [2.24, 2.45) is 0 Å². The number of hydrogen-bond acceptors (Lipinski definition) is 4. The Kier molecular flexibility index (Phi) is 5.82. The van der Waals surface area contributed by atoms with Crippen LogP contribution in [0.1, 0.15) is 44.2 Å². The van der Waals surface area contributed by atoms with Gasteiger partial charge >= 0.3 is 6.09 Å². The third-order valence-corrected chi connectivity index (χ3v) is 5.52. The topological polar surface area (TPSA) is 51.9 Å². The molecule has 1 aliphatic rings. The van der Waals surface area contributed by atoms with Crippen LogP contribution in [0.2, 0.25) is 0 Å². The van der Waals surface area contributed by atoms with Crippen molar-refractivity contribution in [3.05, 3.63) is 72.2 Å². The molecule has 1 fully saturated rings. The van der Waals surface area contributed by atoms with Gasteiger partial charge in [0.2, 0.25) is 0 Å². The summed E-state index contributed by atoms with van der Waals surface area (Å²) in [6.45, 7) is 7.28. The quantitative estimate of drug-likeness (QED) is 0.553. The minimum atomic E-state index is -0.516. The van der Waals surface area contributed by atoms with E-state index in [0.717, 1.165) is 17.5 Å². The highest BCUT2D eigenvalue weighted by Crippen LogP contribution is 2.32. The molecule has 0 aliphatic carbocycles. The second-order valence-corrected chi connectivity index (χ2v) is 8.87. The Hall–Kier alpha value is -2.79. The van der Waals surface area contributed by atoms with Crippen molar-refractivity contribution in [2.45, 2.75) is 51.4 Å². The van der Waals surface area contributed by atoms with Crippen molar-refractivity contribution in [2.75, 3.05) is 13.1 Å². The number of ether oxygens (including phenoxy) is 2. The third kappa shape index (κ3) is 4.68. The molecule has 0 bridgehead atoms. The molecule has 0 N–H and O–H groups in total. The average molecular weight is 408 g/mol. The van der Waals surface area contributed by atoms with E-state index in [1.54, 1.807) is 17.4 Å². The first kappa shape index (κ1) is 20.5. The molecule has 2 heterocycles. The van der Waals surface area contributed by atoms with Gasteiger partial charge in [-0.1, -0.05) is 42.5 Å². The summed E-state index contributed by atoms with van der Waals surface area (Å²) in [5.41, 5.74) is 1.74. The van der Waals surface area contributed by atoms with Gasteiger partial charge in [-0.2, -0.15) is 0 Å². The first-order chi connectivity index (χ1) is 14.4. The number of benzene rings is 2. The molecule has 1 saturated heterocycles. The van der Waals surface area contributed by atoms with Crippen LogP contribution in [0.4, 0.5) is 4.79 Å². The second-order valence-electron chi connectivity index (χ2n) is 8.87. The summed E-state index contributed by atoms with van der Waals surface area (Å²) < 4.78 is 17.3. The van der Waals surface area contributed by atoms with Crippen LogP contribution in [0, 0.1) is 0 Å². The van der Waals surface area contributed by atoms with Gasteiger partial charge in [0.05, 0.1) is 31.8 Å². The van der Waals surface area contributed by atoms with Gasteiger partial charge in [0.1, 0.15) is 5.60 Å². The van der Waals surface area contributed by atoms with Crippen molar-refractivity contribution in [1.29, 1.82) is 0 Å². The molecule has 0 saturated carbocycles. The Morgan fingerprint density at radius 3 is 2.70 bits per heavy atom. The Morgan fingerprint density at radius 1 is 1.13 bits per heavy atom. The summed E-state index contributed by atoms with van der Waals surface area (Å²) in [6, 6.07) is 16.6. The second kappa shape index (κ2) is 8.52. The number of rotatable bonds is 4. The fourth-order valence-corrected chi connectivity index (χ4v) is 4.06. The normalized spacial score (nSPS) is 19.8. The number of carbonyl (C=O) groups is 1. The molecule has 5 heteroatoms. The van der Waals surface area contributed by atoms with Crippen molar-refractivity contribution >= 4 is 16.9 Å². The summed E-state index contributed by atoms with van der Waals surface area (Å²) >= 11 is 0. The zero-order valence-corrected chi connectivity index (χ0v) is 17.8. The largest absolute Gasteiger partial charge is 0.472 e.